The van der Waals surface area contributed by atoms with Gasteiger partial charge in [0.15, 0.2) is 5.78 Å². The Hall–Kier alpha value is -2.51. The molecule has 3 rings (SSSR count). The maximum atomic E-state index is 12.3. The highest BCUT2D eigenvalue weighted by molar-refractivity contribution is 6.83. The molecule has 1 heterocycles. The summed E-state index contributed by atoms with van der Waals surface area (Å²) in [6, 6.07) is 7.49. The van der Waals surface area contributed by atoms with Gasteiger partial charge in [-0.05, 0) is 18.2 Å². The van der Waals surface area contributed by atoms with Gasteiger partial charge in [-0.25, -0.2) is 4.98 Å². The molecule has 0 unspecified atom stereocenters. The number of nitrogens with zero attached hydrogens (tertiary/aromatic N) is 1. The number of benzene rings is 1. The van der Waals surface area contributed by atoms with Crippen molar-refractivity contribution in [3.8, 4) is 11.5 Å². The molecule has 0 spiro atoms. The second-order valence-corrected chi connectivity index (χ2v) is 11.0. The quantitative estimate of drug-likeness (QED) is 0.553. The Balaban J connectivity index is 2.42. The molecule has 0 fully saturated rings. The van der Waals surface area contributed by atoms with Crippen LogP contribution < -0.4 is 0 Å². The van der Waals surface area contributed by atoms with Crippen molar-refractivity contribution in [1.82, 2.24) is 4.98 Å². The monoisotopic (exact) mass is 305 g/mol. The molecule has 22 heavy (non-hydrogen) atoms. The number of pyridine rings is 1. The van der Waals surface area contributed by atoms with Crippen LogP contribution >= 0.6 is 0 Å². The number of carbonyl (C=O) groups is 2. The summed E-state index contributed by atoms with van der Waals surface area (Å²) in [5, 5.41) is 0.823. The number of allylic oxidation sites excluding steroid dienone is 2. The van der Waals surface area contributed by atoms with Gasteiger partial charge in [-0.15, -0.1) is 5.54 Å². The number of rotatable bonds is 0. The predicted octanol–water partition coefficient (Wildman–Crippen LogP) is 3.40. The molecule has 0 bridgehead atoms. The van der Waals surface area contributed by atoms with Gasteiger partial charge in [-0.2, -0.15) is 0 Å². The van der Waals surface area contributed by atoms with Gasteiger partial charge < -0.3 is 0 Å². The Kier molecular flexibility index (Phi) is 3.31. The van der Waals surface area contributed by atoms with E-state index in [1.54, 1.807) is 0 Å². The van der Waals surface area contributed by atoms with Crippen LogP contribution in [0.15, 0.2) is 36.4 Å². The molecule has 0 atom stereocenters. The second-order valence-electron chi connectivity index (χ2n) is 6.29. The molecule has 0 saturated carbocycles. The molecule has 0 N–H and O–H groups in total. The maximum absolute atomic E-state index is 12.3. The molecule has 0 aliphatic heterocycles. The number of hydrogen-bond donors (Lipinski definition) is 0. The van der Waals surface area contributed by atoms with E-state index in [1.807, 2.05) is 24.3 Å². The van der Waals surface area contributed by atoms with Crippen LogP contribution in [0.2, 0.25) is 19.6 Å². The van der Waals surface area contributed by atoms with Gasteiger partial charge in [0.05, 0.1) is 11.1 Å². The minimum atomic E-state index is -1.61. The molecule has 1 aromatic heterocycles. The van der Waals surface area contributed by atoms with Gasteiger partial charge >= 0.3 is 0 Å². The first-order valence-corrected chi connectivity index (χ1v) is 10.6. The number of aromatic nitrogens is 1. The molecule has 0 amide bonds. The van der Waals surface area contributed by atoms with Crippen molar-refractivity contribution in [3.05, 3.63) is 53.2 Å². The minimum absolute atomic E-state index is 0.201. The van der Waals surface area contributed by atoms with E-state index in [0.29, 0.717) is 16.6 Å². The lowest BCUT2D eigenvalue weighted by atomic mass is 9.92. The fourth-order valence-corrected chi connectivity index (χ4v) is 2.82. The highest BCUT2D eigenvalue weighted by atomic mass is 28.3. The van der Waals surface area contributed by atoms with E-state index in [9.17, 15) is 9.59 Å². The standard InChI is InChI=1S/C18H15NO2Si/c1-22(2,3)11-10-13-12-6-4-5-7-14(12)19-18-16(21)9-8-15(20)17(13)18/h4-9H,1-3H3. The SMILES string of the molecule is C[Si](C)(C)C#Cc1c2c(nc3ccccc13)C(=O)C=CC2=O. The first-order chi connectivity index (χ1) is 10.4. The van der Waals surface area contributed by atoms with Crippen molar-refractivity contribution in [2.75, 3.05) is 0 Å². The summed E-state index contributed by atoms with van der Waals surface area (Å²) < 4.78 is 0. The Bertz CT molecular complexity index is 908. The molecule has 3 nitrogen and oxygen atoms in total. The first kappa shape index (κ1) is 14.4. The van der Waals surface area contributed by atoms with Crippen molar-refractivity contribution >= 4 is 30.5 Å². The molecule has 0 radical (unpaired) electrons. The molecule has 108 valence electrons. The van der Waals surface area contributed by atoms with Crippen molar-refractivity contribution in [1.29, 1.82) is 0 Å². The van der Waals surface area contributed by atoms with Gasteiger partial charge in [0.25, 0.3) is 0 Å². The molecular formula is C18H15NO2Si. The van der Waals surface area contributed by atoms with Crippen LogP contribution in [0.25, 0.3) is 10.9 Å². The van der Waals surface area contributed by atoms with E-state index >= 15 is 0 Å². The fraction of sp³-hybridized carbons (Fsp3) is 0.167. The van der Waals surface area contributed by atoms with Crippen LogP contribution in [0.3, 0.4) is 0 Å². The lowest BCUT2D eigenvalue weighted by Gasteiger charge is -2.13. The van der Waals surface area contributed by atoms with Crippen molar-refractivity contribution in [2.45, 2.75) is 19.6 Å². The number of carbonyl (C=O) groups excluding carboxylic acids is 2. The Morgan fingerprint density at radius 2 is 1.68 bits per heavy atom. The fourth-order valence-electron chi connectivity index (χ4n) is 2.32. The maximum Gasteiger partial charge on any atom is 0.205 e. The van der Waals surface area contributed by atoms with E-state index in [0.717, 1.165) is 5.39 Å². The molecule has 4 heteroatoms. The van der Waals surface area contributed by atoms with E-state index in [4.69, 9.17) is 0 Å². The number of para-hydroxylation sites is 1. The largest absolute Gasteiger partial charge is 0.289 e. The van der Waals surface area contributed by atoms with Gasteiger partial charge in [0.2, 0.25) is 5.78 Å². The lowest BCUT2D eigenvalue weighted by Crippen LogP contribution is -2.18. The smallest absolute Gasteiger partial charge is 0.205 e. The van der Waals surface area contributed by atoms with E-state index in [2.05, 4.69) is 36.1 Å². The second kappa shape index (κ2) is 5.04. The van der Waals surface area contributed by atoms with Crippen LogP contribution in [0.5, 0.6) is 0 Å². The molecule has 0 saturated heterocycles. The summed E-state index contributed by atoms with van der Waals surface area (Å²) in [7, 11) is -1.61. The van der Waals surface area contributed by atoms with Crippen LogP contribution in [-0.2, 0) is 0 Å². The summed E-state index contributed by atoms with van der Waals surface area (Å²) in [6.07, 6.45) is 2.59. The van der Waals surface area contributed by atoms with Gasteiger partial charge in [0.1, 0.15) is 13.8 Å². The summed E-state index contributed by atoms with van der Waals surface area (Å²) in [5.74, 6) is 2.73. The molecule has 2 aromatic rings. The average Bonchev–Trinajstić information content (AvgIpc) is 2.47. The Morgan fingerprint density at radius 1 is 1.00 bits per heavy atom. The van der Waals surface area contributed by atoms with Crippen molar-refractivity contribution < 1.29 is 9.59 Å². The predicted molar refractivity (Wildman–Crippen MR) is 89.8 cm³/mol. The van der Waals surface area contributed by atoms with Gasteiger partial charge in [0, 0.05) is 10.9 Å². The molecule has 1 aliphatic carbocycles. The molecular weight excluding hydrogens is 290 g/mol. The number of hydrogen-bond acceptors (Lipinski definition) is 3. The highest BCUT2D eigenvalue weighted by Gasteiger charge is 2.25. The lowest BCUT2D eigenvalue weighted by molar-refractivity contribution is 0.0990. The summed E-state index contributed by atoms with van der Waals surface area (Å²) in [5.41, 5.74) is 5.17. The van der Waals surface area contributed by atoms with E-state index < -0.39 is 8.07 Å². The third kappa shape index (κ3) is 2.51. The van der Waals surface area contributed by atoms with Crippen LogP contribution in [-0.4, -0.2) is 24.6 Å². The van der Waals surface area contributed by atoms with Crippen molar-refractivity contribution in [2.24, 2.45) is 0 Å². The zero-order valence-corrected chi connectivity index (χ0v) is 13.7. The summed E-state index contributed by atoms with van der Waals surface area (Å²) in [6.45, 7) is 6.42. The first-order valence-electron chi connectivity index (χ1n) is 7.09. The number of fused-ring (bicyclic) bond motifs is 2. The zero-order chi connectivity index (χ0) is 15.9. The molecule has 1 aliphatic rings. The van der Waals surface area contributed by atoms with Crippen LogP contribution in [0.4, 0.5) is 0 Å². The van der Waals surface area contributed by atoms with E-state index in [-0.39, 0.29) is 17.3 Å². The van der Waals surface area contributed by atoms with Gasteiger partial charge in [-0.3, -0.25) is 9.59 Å². The Labute approximate surface area is 130 Å². The molecule has 1 aromatic carbocycles. The average molecular weight is 305 g/mol. The minimum Gasteiger partial charge on any atom is -0.289 e. The van der Waals surface area contributed by atoms with Crippen molar-refractivity contribution in [3.63, 3.8) is 0 Å². The summed E-state index contributed by atoms with van der Waals surface area (Å²) in [4.78, 5) is 28.7. The summed E-state index contributed by atoms with van der Waals surface area (Å²) >= 11 is 0. The zero-order valence-electron chi connectivity index (χ0n) is 12.7. The Morgan fingerprint density at radius 3 is 2.41 bits per heavy atom. The number of ketones is 2. The topological polar surface area (TPSA) is 47.0 Å². The van der Waals surface area contributed by atoms with E-state index in [1.165, 1.54) is 12.2 Å². The van der Waals surface area contributed by atoms with Gasteiger partial charge in [-0.1, -0.05) is 43.8 Å². The normalized spacial score (nSPS) is 13.8. The highest BCUT2D eigenvalue weighted by Crippen LogP contribution is 2.26. The van der Waals surface area contributed by atoms with Crippen LogP contribution in [0.1, 0.15) is 26.4 Å². The van der Waals surface area contributed by atoms with Crippen LogP contribution in [0, 0.1) is 11.5 Å². The third-order valence-electron chi connectivity index (χ3n) is 3.32. The third-order valence-corrected chi connectivity index (χ3v) is 4.20.